The number of aliphatic hydroxyl groups is 2. The molecule has 0 fully saturated rings. The molecule has 1 aromatic carbocycles. The van der Waals surface area contributed by atoms with Crippen molar-refractivity contribution < 1.29 is 10.2 Å². The van der Waals surface area contributed by atoms with E-state index in [1.165, 1.54) is 10.9 Å². The van der Waals surface area contributed by atoms with Crippen LogP contribution in [0.3, 0.4) is 0 Å². The van der Waals surface area contributed by atoms with E-state index in [1.54, 1.807) is 6.07 Å². The number of aliphatic hydroxyl groups excluding tert-OH is 2. The largest absolute Gasteiger partial charge is 0.394 e. The third-order valence-electron chi connectivity index (χ3n) is 2.84. The summed E-state index contributed by atoms with van der Waals surface area (Å²) in [4.78, 5) is 16.4. The van der Waals surface area contributed by atoms with Crippen LogP contribution in [0, 0.1) is 6.92 Å². The van der Waals surface area contributed by atoms with Gasteiger partial charge in [-0.15, -0.1) is 0 Å². The van der Waals surface area contributed by atoms with Crippen molar-refractivity contribution in [2.24, 2.45) is 0 Å². The molecule has 1 heterocycles. The molecule has 2 N–H and O–H groups in total. The number of benzene rings is 1. The standard InChI is InChI=1S/C12H14N2O3/c1-8-3-2-4-10-11(8)12(17)14(7-13-10)9(5-15)6-16/h2-4,7,9,15-16H,5-6H2,1H3. The Hall–Kier alpha value is -1.72. The number of fused-ring (bicyclic) bond motifs is 1. The van der Waals surface area contributed by atoms with Crippen molar-refractivity contribution in [3.05, 3.63) is 40.4 Å². The van der Waals surface area contributed by atoms with Crippen LogP contribution in [0.2, 0.25) is 0 Å². The van der Waals surface area contributed by atoms with Gasteiger partial charge in [-0.25, -0.2) is 4.98 Å². The van der Waals surface area contributed by atoms with Gasteiger partial charge < -0.3 is 10.2 Å². The molecule has 5 heteroatoms. The van der Waals surface area contributed by atoms with E-state index < -0.39 is 6.04 Å². The molecule has 0 radical (unpaired) electrons. The lowest BCUT2D eigenvalue weighted by Gasteiger charge is -2.15. The molecule has 0 unspecified atom stereocenters. The van der Waals surface area contributed by atoms with Crippen molar-refractivity contribution in [1.29, 1.82) is 0 Å². The predicted molar refractivity (Wildman–Crippen MR) is 63.9 cm³/mol. The van der Waals surface area contributed by atoms with Gasteiger partial charge in [-0.05, 0) is 18.6 Å². The van der Waals surface area contributed by atoms with Crippen LogP contribution >= 0.6 is 0 Å². The van der Waals surface area contributed by atoms with Gasteiger partial charge in [0.25, 0.3) is 5.56 Å². The van der Waals surface area contributed by atoms with Crippen LogP contribution in [0.5, 0.6) is 0 Å². The zero-order chi connectivity index (χ0) is 12.4. The number of rotatable bonds is 3. The average Bonchev–Trinajstić information content (AvgIpc) is 2.33. The first-order valence-electron chi connectivity index (χ1n) is 5.37. The molecular formula is C12H14N2O3. The minimum Gasteiger partial charge on any atom is -0.394 e. The maximum atomic E-state index is 12.2. The quantitative estimate of drug-likeness (QED) is 0.797. The lowest BCUT2D eigenvalue weighted by molar-refractivity contribution is 0.152. The maximum absolute atomic E-state index is 12.2. The lowest BCUT2D eigenvalue weighted by Crippen LogP contribution is -2.29. The van der Waals surface area contributed by atoms with Crippen LogP contribution in [-0.2, 0) is 0 Å². The molecular weight excluding hydrogens is 220 g/mol. The van der Waals surface area contributed by atoms with Crippen LogP contribution < -0.4 is 5.56 Å². The summed E-state index contributed by atoms with van der Waals surface area (Å²) in [5, 5.41) is 18.7. The molecule has 17 heavy (non-hydrogen) atoms. The van der Waals surface area contributed by atoms with Gasteiger partial charge in [-0.3, -0.25) is 9.36 Å². The van der Waals surface area contributed by atoms with Crippen molar-refractivity contribution >= 4 is 10.9 Å². The second kappa shape index (κ2) is 4.65. The van der Waals surface area contributed by atoms with Crippen LogP contribution in [0.4, 0.5) is 0 Å². The number of nitrogens with zero attached hydrogens (tertiary/aromatic N) is 2. The Morgan fingerprint density at radius 3 is 2.71 bits per heavy atom. The minimum atomic E-state index is -0.640. The highest BCUT2D eigenvalue weighted by molar-refractivity contribution is 5.80. The van der Waals surface area contributed by atoms with Crippen LogP contribution in [0.1, 0.15) is 11.6 Å². The molecule has 0 aliphatic rings. The Morgan fingerprint density at radius 2 is 2.06 bits per heavy atom. The minimum absolute atomic E-state index is 0.235. The second-order valence-corrected chi connectivity index (χ2v) is 3.95. The summed E-state index contributed by atoms with van der Waals surface area (Å²) in [6.45, 7) is 1.24. The zero-order valence-electron chi connectivity index (χ0n) is 9.50. The van der Waals surface area contributed by atoms with Gasteiger partial charge in [0.2, 0.25) is 0 Å². The van der Waals surface area contributed by atoms with Gasteiger partial charge >= 0.3 is 0 Å². The molecule has 90 valence electrons. The highest BCUT2D eigenvalue weighted by atomic mass is 16.3. The fraction of sp³-hybridized carbons (Fsp3) is 0.333. The Kier molecular flexibility index (Phi) is 3.21. The smallest absolute Gasteiger partial charge is 0.261 e. The van der Waals surface area contributed by atoms with E-state index in [4.69, 9.17) is 10.2 Å². The number of hydrogen-bond acceptors (Lipinski definition) is 4. The normalized spacial score (nSPS) is 11.3. The van der Waals surface area contributed by atoms with Crippen molar-refractivity contribution in [3.63, 3.8) is 0 Å². The fourth-order valence-corrected chi connectivity index (χ4v) is 1.84. The van der Waals surface area contributed by atoms with Gasteiger partial charge in [0, 0.05) is 0 Å². The van der Waals surface area contributed by atoms with Crippen LogP contribution in [0.15, 0.2) is 29.3 Å². The van der Waals surface area contributed by atoms with E-state index in [-0.39, 0.29) is 18.8 Å². The molecule has 2 aromatic rings. The van der Waals surface area contributed by atoms with Crippen molar-refractivity contribution in [1.82, 2.24) is 9.55 Å². The Balaban J connectivity index is 2.73. The fourth-order valence-electron chi connectivity index (χ4n) is 1.84. The van der Waals surface area contributed by atoms with E-state index in [9.17, 15) is 4.79 Å². The van der Waals surface area contributed by atoms with Gasteiger partial charge in [-0.2, -0.15) is 0 Å². The van der Waals surface area contributed by atoms with Gasteiger partial charge in [0.1, 0.15) is 0 Å². The van der Waals surface area contributed by atoms with Crippen LogP contribution in [0.25, 0.3) is 10.9 Å². The molecule has 0 spiro atoms. The first-order chi connectivity index (χ1) is 8.19. The lowest BCUT2D eigenvalue weighted by atomic mass is 10.1. The Bertz CT molecular complexity index is 588. The van der Waals surface area contributed by atoms with E-state index in [0.717, 1.165) is 5.56 Å². The van der Waals surface area contributed by atoms with E-state index in [1.807, 2.05) is 19.1 Å². The number of aryl methyl sites for hydroxylation is 1. The number of hydrogen-bond donors (Lipinski definition) is 2. The molecule has 0 amide bonds. The van der Waals surface area contributed by atoms with E-state index in [0.29, 0.717) is 10.9 Å². The zero-order valence-corrected chi connectivity index (χ0v) is 9.50. The van der Waals surface area contributed by atoms with Gasteiger partial charge in [0.05, 0.1) is 36.5 Å². The van der Waals surface area contributed by atoms with Crippen molar-refractivity contribution in [2.45, 2.75) is 13.0 Å². The van der Waals surface area contributed by atoms with Gasteiger partial charge in [-0.1, -0.05) is 12.1 Å². The molecule has 2 rings (SSSR count). The summed E-state index contributed by atoms with van der Waals surface area (Å²) < 4.78 is 1.27. The predicted octanol–water partition coefficient (Wildman–Crippen LogP) is 0.231. The molecule has 5 nitrogen and oxygen atoms in total. The monoisotopic (exact) mass is 234 g/mol. The Labute approximate surface area is 98.0 Å². The average molecular weight is 234 g/mol. The molecule has 1 aromatic heterocycles. The Morgan fingerprint density at radius 1 is 1.35 bits per heavy atom. The summed E-state index contributed by atoms with van der Waals surface area (Å²) >= 11 is 0. The third kappa shape index (κ3) is 1.94. The topological polar surface area (TPSA) is 75.3 Å². The molecule has 0 aliphatic carbocycles. The first kappa shape index (κ1) is 11.8. The highest BCUT2D eigenvalue weighted by Gasteiger charge is 2.13. The summed E-state index contributed by atoms with van der Waals surface area (Å²) in [5.41, 5.74) is 1.23. The van der Waals surface area contributed by atoms with Crippen LogP contribution in [-0.4, -0.2) is 33.0 Å². The maximum Gasteiger partial charge on any atom is 0.261 e. The molecule has 0 aliphatic heterocycles. The summed E-state index contributed by atoms with van der Waals surface area (Å²) in [7, 11) is 0. The summed E-state index contributed by atoms with van der Waals surface area (Å²) in [5.74, 6) is 0. The van der Waals surface area contributed by atoms with E-state index >= 15 is 0 Å². The van der Waals surface area contributed by atoms with E-state index in [2.05, 4.69) is 4.98 Å². The molecule has 0 saturated carbocycles. The highest BCUT2D eigenvalue weighted by Crippen LogP contribution is 2.12. The summed E-state index contributed by atoms with van der Waals surface area (Å²) in [6, 6.07) is 4.80. The second-order valence-electron chi connectivity index (χ2n) is 3.95. The molecule has 0 saturated heterocycles. The SMILES string of the molecule is Cc1cccc2ncn(C(CO)CO)c(=O)c12. The molecule has 0 bridgehead atoms. The van der Waals surface area contributed by atoms with Crippen molar-refractivity contribution in [3.8, 4) is 0 Å². The number of aromatic nitrogens is 2. The third-order valence-corrected chi connectivity index (χ3v) is 2.84. The molecule has 0 atom stereocenters. The van der Waals surface area contributed by atoms with Gasteiger partial charge in [0.15, 0.2) is 0 Å². The van der Waals surface area contributed by atoms with Crippen molar-refractivity contribution in [2.75, 3.05) is 13.2 Å². The summed E-state index contributed by atoms with van der Waals surface area (Å²) in [6.07, 6.45) is 1.36. The first-order valence-corrected chi connectivity index (χ1v) is 5.37.